The number of unbranched alkanes of at least 4 members (excludes halogenated alkanes) is 3. The lowest BCUT2D eigenvalue weighted by Crippen LogP contribution is -2.36. The van der Waals surface area contributed by atoms with Crippen LogP contribution in [0.1, 0.15) is 46.0 Å². The van der Waals surface area contributed by atoms with E-state index < -0.39 is 6.09 Å². The fourth-order valence-corrected chi connectivity index (χ4v) is 1.38. The Morgan fingerprint density at radius 1 is 1.24 bits per heavy atom. The minimum Gasteiger partial charge on any atom is -0.447 e. The molecule has 1 unspecified atom stereocenters. The lowest BCUT2D eigenvalue weighted by atomic mass is 10.1. The lowest BCUT2D eigenvalue weighted by Gasteiger charge is -2.13. The van der Waals surface area contributed by atoms with Crippen LogP contribution >= 0.6 is 0 Å². The van der Waals surface area contributed by atoms with Crippen LogP contribution in [0.2, 0.25) is 0 Å². The predicted octanol–water partition coefficient (Wildman–Crippen LogP) is 1.82. The van der Waals surface area contributed by atoms with Gasteiger partial charge in [0.1, 0.15) is 6.10 Å². The molecule has 0 radical (unpaired) electrons. The van der Waals surface area contributed by atoms with Crippen molar-refractivity contribution in [3.63, 3.8) is 0 Å². The van der Waals surface area contributed by atoms with Crippen LogP contribution in [0.5, 0.6) is 0 Å². The summed E-state index contributed by atoms with van der Waals surface area (Å²) in [6, 6.07) is 0. The van der Waals surface area contributed by atoms with Gasteiger partial charge >= 0.3 is 6.09 Å². The Hall–Kier alpha value is -1.26. The Bertz CT molecular complexity index is 232. The van der Waals surface area contributed by atoms with Crippen molar-refractivity contribution in [1.82, 2.24) is 10.6 Å². The maximum absolute atomic E-state index is 11.2. The van der Waals surface area contributed by atoms with Crippen molar-refractivity contribution in [2.45, 2.75) is 52.1 Å². The number of carbonyl (C=O) groups excluding carboxylic acids is 2. The van der Waals surface area contributed by atoms with Gasteiger partial charge in [-0.15, -0.1) is 0 Å². The number of amides is 2. The lowest BCUT2D eigenvalue weighted by molar-refractivity contribution is -0.119. The van der Waals surface area contributed by atoms with E-state index >= 15 is 0 Å². The summed E-state index contributed by atoms with van der Waals surface area (Å²) in [5.74, 6) is -0.238. The zero-order valence-electron chi connectivity index (χ0n) is 11.0. The van der Waals surface area contributed by atoms with Gasteiger partial charge in [0.25, 0.3) is 0 Å². The summed E-state index contributed by atoms with van der Waals surface area (Å²) in [7, 11) is 1.52. The second-order valence-electron chi connectivity index (χ2n) is 4.09. The molecule has 0 aromatic rings. The Balaban J connectivity index is 3.55. The quantitative estimate of drug-likeness (QED) is 0.640. The number of ether oxygens (including phenoxy) is 1. The number of hydrogen-bond donors (Lipinski definition) is 2. The number of hydrogen-bond acceptors (Lipinski definition) is 3. The minimum atomic E-state index is -0.531. The summed E-state index contributed by atoms with van der Waals surface area (Å²) in [4.78, 5) is 22.1. The summed E-state index contributed by atoms with van der Waals surface area (Å²) in [6.07, 6.45) is 4.89. The van der Waals surface area contributed by atoms with E-state index in [2.05, 4.69) is 17.6 Å². The van der Waals surface area contributed by atoms with Crippen LogP contribution in [0, 0.1) is 0 Å². The molecule has 0 rings (SSSR count). The van der Waals surface area contributed by atoms with Crippen molar-refractivity contribution in [2.24, 2.45) is 0 Å². The van der Waals surface area contributed by atoms with E-state index in [1.165, 1.54) is 26.3 Å². The van der Waals surface area contributed by atoms with E-state index in [1.54, 1.807) is 0 Å². The first kappa shape index (κ1) is 15.7. The highest BCUT2D eigenvalue weighted by Crippen LogP contribution is 2.07. The Morgan fingerprint density at radius 2 is 1.94 bits per heavy atom. The maximum atomic E-state index is 11.2. The second kappa shape index (κ2) is 9.93. The highest BCUT2D eigenvalue weighted by atomic mass is 16.6. The van der Waals surface area contributed by atoms with E-state index in [0.717, 1.165) is 12.8 Å². The first-order valence-corrected chi connectivity index (χ1v) is 6.25. The highest BCUT2D eigenvalue weighted by molar-refractivity contribution is 5.81. The molecule has 100 valence electrons. The highest BCUT2D eigenvalue weighted by Gasteiger charge is 2.09. The third-order valence-electron chi connectivity index (χ3n) is 2.44. The summed E-state index contributed by atoms with van der Waals surface area (Å²) in [5.41, 5.74) is 0. The van der Waals surface area contributed by atoms with Gasteiger partial charge in [0, 0.05) is 7.05 Å². The molecule has 0 heterocycles. The fraction of sp³-hybridized carbons (Fsp3) is 0.833. The zero-order valence-corrected chi connectivity index (χ0v) is 11.0. The summed E-state index contributed by atoms with van der Waals surface area (Å²) in [5, 5.41) is 4.81. The van der Waals surface area contributed by atoms with Crippen LogP contribution in [0.25, 0.3) is 0 Å². The minimum absolute atomic E-state index is 0.0438. The summed E-state index contributed by atoms with van der Waals surface area (Å²) < 4.78 is 5.10. The summed E-state index contributed by atoms with van der Waals surface area (Å²) in [6.45, 7) is 3.98. The monoisotopic (exact) mass is 244 g/mol. The SMILES string of the molecule is CCCCCCC(C)OC(=O)NCC(=O)NC. The average molecular weight is 244 g/mol. The number of carbonyl (C=O) groups is 2. The first-order chi connectivity index (χ1) is 8.10. The normalized spacial score (nSPS) is 11.7. The van der Waals surface area contributed by atoms with E-state index in [1.807, 2.05) is 6.92 Å². The van der Waals surface area contributed by atoms with Crippen molar-refractivity contribution in [2.75, 3.05) is 13.6 Å². The van der Waals surface area contributed by atoms with Gasteiger partial charge in [-0.25, -0.2) is 4.79 Å². The molecule has 0 aliphatic carbocycles. The van der Waals surface area contributed by atoms with Crippen LogP contribution < -0.4 is 10.6 Å². The molecule has 0 saturated carbocycles. The molecular weight excluding hydrogens is 220 g/mol. The molecule has 17 heavy (non-hydrogen) atoms. The molecule has 2 amide bonds. The molecule has 0 aliphatic heterocycles. The molecule has 0 aromatic heterocycles. The molecule has 2 N–H and O–H groups in total. The molecule has 0 fully saturated rings. The van der Waals surface area contributed by atoms with Crippen molar-refractivity contribution in [3.8, 4) is 0 Å². The van der Waals surface area contributed by atoms with Gasteiger partial charge in [0.2, 0.25) is 5.91 Å². The summed E-state index contributed by atoms with van der Waals surface area (Å²) >= 11 is 0. The Morgan fingerprint density at radius 3 is 2.53 bits per heavy atom. The molecule has 0 aromatic carbocycles. The average Bonchev–Trinajstić information content (AvgIpc) is 2.31. The predicted molar refractivity (Wildman–Crippen MR) is 66.8 cm³/mol. The standard InChI is InChI=1S/C12H24N2O3/c1-4-5-6-7-8-10(2)17-12(16)14-9-11(15)13-3/h10H,4-9H2,1-3H3,(H,13,15)(H,14,16). The second-order valence-corrected chi connectivity index (χ2v) is 4.09. The molecule has 0 aliphatic rings. The fourth-order valence-electron chi connectivity index (χ4n) is 1.38. The molecule has 0 bridgehead atoms. The van der Waals surface area contributed by atoms with Crippen molar-refractivity contribution in [3.05, 3.63) is 0 Å². The van der Waals surface area contributed by atoms with Crippen LogP contribution in [0.3, 0.4) is 0 Å². The number of likely N-dealkylation sites (N-methyl/N-ethyl adjacent to an activating group) is 1. The van der Waals surface area contributed by atoms with Gasteiger partial charge in [-0.2, -0.15) is 0 Å². The van der Waals surface area contributed by atoms with Gasteiger partial charge in [0.05, 0.1) is 6.54 Å². The van der Waals surface area contributed by atoms with E-state index in [4.69, 9.17) is 4.74 Å². The Labute approximate surface area is 103 Å². The van der Waals surface area contributed by atoms with Crippen LogP contribution in [0.4, 0.5) is 4.79 Å². The third-order valence-corrected chi connectivity index (χ3v) is 2.44. The molecule has 5 heteroatoms. The van der Waals surface area contributed by atoms with Gasteiger partial charge < -0.3 is 15.4 Å². The van der Waals surface area contributed by atoms with Crippen molar-refractivity contribution in [1.29, 1.82) is 0 Å². The van der Waals surface area contributed by atoms with Gasteiger partial charge in [-0.05, 0) is 19.8 Å². The molecule has 0 saturated heterocycles. The smallest absolute Gasteiger partial charge is 0.407 e. The molecule has 0 spiro atoms. The van der Waals surface area contributed by atoms with E-state index in [-0.39, 0.29) is 18.6 Å². The zero-order chi connectivity index (χ0) is 13.1. The van der Waals surface area contributed by atoms with Gasteiger partial charge in [-0.1, -0.05) is 26.2 Å². The number of alkyl carbamates (subject to hydrolysis) is 1. The molecule has 5 nitrogen and oxygen atoms in total. The van der Waals surface area contributed by atoms with E-state index in [9.17, 15) is 9.59 Å². The first-order valence-electron chi connectivity index (χ1n) is 6.25. The van der Waals surface area contributed by atoms with Crippen LogP contribution in [0.15, 0.2) is 0 Å². The number of nitrogens with one attached hydrogen (secondary N) is 2. The van der Waals surface area contributed by atoms with Crippen LogP contribution in [-0.2, 0) is 9.53 Å². The molecular formula is C12H24N2O3. The largest absolute Gasteiger partial charge is 0.447 e. The van der Waals surface area contributed by atoms with Crippen molar-refractivity contribution >= 4 is 12.0 Å². The van der Waals surface area contributed by atoms with Gasteiger partial charge in [-0.3, -0.25) is 4.79 Å². The maximum Gasteiger partial charge on any atom is 0.407 e. The van der Waals surface area contributed by atoms with Crippen molar-refractivity contribution < 1.29 is 14.3 Å². The van der Waals surface area contributed by atoms with E-state index in [0.29, 0.717) is 0 Å². The van der Waals surface area contributed by atoms with Crippen LogP contribution in [-0.4, -0.2) is 31.7 Å². The third kappa shape index (κ3) is 9.66. The van der Waals surface area contributed by atoms with Gasteiger partial charge in [0.15, 0.2) is 0 Å². The Kier molecular flexibility index (Phi) is 9.19. The topological polar surface area (TPSA) is 67.4 Å². The molecule has 1 atom stereocenters. The number of rotatable bonds is 8.